The van der Waals surface area contributed by atoms with Crippen LogP contribution in [0.3, 0.4) is 0 Å². The number of nitrogens with zero attached hydrogens (tertiary/aromatic N) is 1. The van der Waals surface area contributed by atoms with Crippen molar-refractivity contribution >= 4 is 0 Å². The highest BCUT2D eigenvalue weighted by Gasteiger charge is 2.13. The zero-order valence-corrected chi connectivity index (χ0v) is 9.15. The van der Waals surface area contributed by atoms with Gasteiger partial charge < -0.3 is 20.8 Å². The second-order valence-electron chi connectivity index (χ2n) is 3.61. The predicted octanol–water partition coefficient (Wildman–Crippen LogP) is -0.209. The summed E-state index contributed by atoms with van der Waals surface area (Å²) in [5, 5.41) is 17.7. The Bertz CT molecular complexity index is 117. The summed E-state index contributed by atoms with van der Waals surface area (Å²) in [7, 11) is 0. The molecule has 86 valence electrons. The van der Waals surface area contributed by atoms with Gasteiger partial charge in [-0.15, -0.1) is 0 Å². The van der Waals surface area contributed by atoms with Gasteiger partial charge in [0.25, 0.3) is 0 Å². The Hall–Kier alpha value is -0.160. The molecule has 0 amide bonds. The van der Waals surface area contributed by atoms with Gasteiger partial charge in [-0.05, 0) is 32.5 Å². The van der Waals surface area contributed by atoms with Gasteiger partial charge in [-0.25, -0.2) is 0 Å². The van der Waals surface area contributed by atoms with Crippen molar-refractivity contribution in [3.63, 3.8) is 0 Å². The molecule has 0 aromatic carbocycles. The molecule has 1 fully saturated rings. The third-order valence-corrected chi connectivity index (χ3v) is 2.13. The summed E-state index contributed by atoms with van der Waals surface area (Å²) in [4.78, 5) is 2.21. The lowest BCUT2D eigenvalue weighted by Gasteiger charge is -2.27. The fourth-order valence-corrected chi connectivity index (χ4v) is 1.50. The Balaban J connectivity index is 0.000000500. The molecule has 1 saturated heterocycles. The average Bonchev–Trinajstić information content (AvgIpc) is 2.20. The highest BCUT2D eigenvalue weighted by Crippen LogP contribution is 2.08. The van der Waals surface area contributed by atoms with Gasteiger partial charge in [0.2, 0.25) is 0 Å². The quantitative estimate of drug-likeness (QED) is 0.595. The van der Waals surface area contributed by atoms with Crippen LogP contribution in [0.1, 0.15) is 26.2 Å². The molecule has 0 aromatic heterocycles. The molecule has 4 heteroatoms. The van der Waals surface area contributed by atoms with Crippen molar-refractivity contribution in [1.82, 2.24) is 4.90 Å². The van der Waals surface area contributed by atoms with E-state index in [0.29, 0.717) is 6.54 Å². The maximum atomic E-state index is 9.12. The molecule has 14 heavy (non-hydrogen) atoms. The van der Waals surface area contributed by atoms with Crippen LogP contribution < -0.4 is 5.73 Å². The van der Waals surface area contributed by atoms with Crippen LogP contribution in [-0.4, -0.2) is 54.0 Å². The maximum absolute atomic E-state index is 9.12. The summed E-state index contributed by atoms with van der Waals surface area (Å²) in [6, 6.07) is 0. The Morgan fingerprint density at radius 2 is 1.79 bits per heavy atom. The lowest BCUT2D eigenvalue weighted by molar-refractivity contribution is 0.0533. The average molecular weight is 204 g/mol. The van der Waals surface area contributed by atoms with Crippen molar-refractivity contribution in [2.45, 2.75) is 32.3 Å². The third kappa shape index (κ3) is 7.26. The number of hydrogen-bond donors (Lipinski definition) is 3. The first-order valence-electron chi connectivity index (χ1n) is 5.45. The van der Waals surface area contributed by atoms with Crippen LogP contribution in [-0.2, 0) is 0 Å². The fourth-order valence-electron chi connectivity index (χ4n) is 1.50. The summed E-state index contributed by atoms with van der Waals surface area (Å²) in [6.45, 7) is 5.33. The van der Waals surface area contributed by atoms with Crippen molar-refractivity contribution in [2.75, 3.05) is 32.8 Å². The number of hydrogen-bond acceptors (Lipinski definition) is 4. The van der Waals surface area contributed by atoms with E-state index in [4.69, 9.17) is 15.9 Å². The standard InChI is InChI=1S/C8H17NO2.C2H7N/c10-7-8(11)6-9-4-2-1-3-5-9;1-2-3/h8,10-11H,1-7H2;2-3H2,1H3. The zero-order valence-electron chi connectivity index (χ0n) is 9.15. The van der Waals surface area contributed by atoms with Crippen molar-refractivity contribution < 1.29 is 10.2 Å². The summed E-state index contributed by atoms with van der Waals surface area (Å²) in [5.74, 6) is 0. The first-order chi connectivity index (χ1) is 6.74. The number of nitrogens with two attached hydrogens (primary N) is 1. The van der Waals surface area contributed by atoms with E-state index in [0.717, 1.165) is 19.6 Å². The molecule has 1 aliphatic heterocycles. The first-order valence-corrected chi connectivity index (χ1v) is 5.45. The first kappa shape index (κ1) is 13.8. The smallest absolute Gasteiger partial charge is 0.0897 e. The molecule has 0 bridgehead atoms. The zero-order chi connectivity index (χ0) is 10.8. The lowest BCUT2D eigenvalue weighted by Crippen LogP contribution is -2.37. The molecular weight excluding hydrogens is 180 g/mol. The van der Waals surface area contributed by atoms with E-state index in [1.807, 2.05) is 6.92 Å². The van der Waals surface area contributed by atoms with Crippen LogP contribution in [0.2, 0.25) is 0 Å². The molecular formula is C10H24N2O2. The topological polar surface area (TPSA) is 69.7 Å². The normalized spacial score (nSPS) is 19.7. The van der Waals surface area contributed by atoms with Crippen LogP contribution in [0, 0.1) is 0 Å². The van der Waals surface area contributed by atoms with E-state index in [2.05, 4.69) is 4.90 Å². The van der Waals surface area contributed by atoms with Crippen molar-refractivity contribution in [3.05, 3.63) is 0 Å². The highest BCUT2D eigenvalue weighted by atomic mass is 16.3. The maximum Gasteiger partial charge on any atom is 0.0897 e. The molecule has 1 heterocycles. The molecule has 4 N–H and O–H groups in total. The van der Waals surface area contributed by atoms with Gasteiger partial charge in [-0.3, -0.25) is 0 Å². The number of likely N-dealkylation sites (tertiary alicyclic amines) is 1. The summed E-state index contributed by atoms with van der Waals surface area (Å²) in [5.41, 5.74) is 4.85. The molecule has 0 aromatic rings. The van der Waals surface area contributed by atoms with Crippen LogP contribution in [0.25, 0.3) is 0 Å². The molecule has 1 atom stereocenters. The van der Waals surface area contributed by atoms with Crippen LogP contribution in [0.5, 0.6) is 0 Å². The minimum atomic E-state index is -0.548. The van der Waals surface area contributed by atoms with Gasteiger partial charge in [-0.1, -0.05) is 13.3 Å². The van der Waals surface area contributed by atoms with Crippen LogP contribution in [0.4, 0.5) is 0 Å². The largest absolute Gasteiger partial charge is 0.394 e. The Morgan fingerprint density at radius 3 is 2.21 bits per heavy atom. The minimum absolute atomic E-state index is 0.115. The minimum Gasteiger partial charge on any atom is -0.394 e. The fraction of sp³-hybridized carbons (Fsp3) is 1.00. The van der Waals surface area contributed by atoms with E-state index >= 15 is 0 Å². The lowest BCUT2D eigenvalue weighted by atomic mass is 10.1. The second-order valence-corrected chi connectivity index (χ2v) is 3.61. The predicted molar refractivity (Wildman–Crippen MR) is 58.1 cm³/mol. The summed E-state index contributed by atoms with van der Waals surface area (Å²) < 4.78 is 0. The van der Waals surface area contributed by atoms with Gasteiger partial charge in [0.15, 0.2) is 0 Å². The number of piperidine rings is 1. The van der Waals surface area contributed by atoms with Gasteiger partial charge in [0, 0.05) is 6.54 Å². The monoisotopic (exact) mass is 204 g/mol. The van der Waals surface area contributed by atoms with Gasteiger partial charge in [0.1, 0.15) is 0 Å². The SMILES string of the molecule is CCN.OCC(O)CN1CCCCC1. The number of aliphatic hydroxyl groups is 2. The van der Waals surface area contributed by atoms with Crippen molar-refractivity contribution in [2.24, 2.45) is 5.73 Å². The van der Waals surface area contributed by atoms with Gasteiger partial charge in [-0.2, -0.15) is 0 Å². The van der Waals surface area contributed by atoms with Crippen LogP contribution >= 0.6 is 0 Å². The summed E-state index contributed by atoms with van der Waals surface area (Å²) in [6.07, 6.45) is 3.23. The molecule has 0 spiro atoms. The van der Waals surface area contributed by atoms with Crippen LogP contribution in [0.15, 0.2) is 0 Å². The van der Waals surface area contributed by atoms with Gasteiger partial charge >= 0.3 is 0 Å². The Labute approximate surface area is 86.7 Å². The Kier molecular flexibility index (Phi) is 9.29. The molecule has 0 saturated carbocycles. The second kappa shape index (κ2) is 9.40. The number of aliphatic hydroxyl groups excluding tert-OH is 2. The molecule has 4 nitrogen and oxygen atoms in total. The summed E-state index contributed by atoms with van der Waals surface area (Å²) >= 11 is 0. The molecule has 1 unspecified atom stereocenters. The van der Waals surface area contributed by atoms with E-state index in [1.165, 1.54) is 19.3 Å². The van der Waals surface area contributed by atoms with Crippen molar-refractivity contribution in [1.29, 1.82) is 0 Å². The Morgan fingerprint density at radius 1 is 1.29 bits per heavy atom. The van der Waals surface area contributed by atoms with E-state index in [1.54, 1.807) is 0 Å². The molecule has 0 aliphatic carbocycles. The van der Waals surface area contributed by atoms with Gasteiger partial charge in [0.05, 0.1) is 12.7 Å². The van der Waals surface area contributed by atoms with E-state index in [-0.39, 0.29) is 6.61 Å². The molecule has 0 radical (unpaired) electrons. The highest BCUT2D eigenvalue weighted by molar-refractivity contribution is 4.67. The number of β-amino-alcohol motifs (C(OH)–C–C–N with tert-alkyl or cyclic N) is 1. The van der Waals surface area contributed by atoms with Crippen molar-refractivity contribution in [3.8, 4) is 0 Å². The molecule has 1 aliphatic rings. The van der Waals surface area contributed by atoms with E-state index < -0.39 is 6.10 Å². The van der Waals surface area contributed by atoms with E-state index in [9.17, 15) is 0 Å². The third-order valence-electron chi connectivity index (χ3n) is 2.13. The number of rotatable bonds is 3. The molecule has 1 rings (SSSR count).